The molecule has 4 nitrogen and oxygen atoms in total. The summed E-state index contributed by atoms with van der Waals surface area (Å²) in [6.07, 6.45) is 1.34. The van der Waals surface area contributed by atoms with Crippen molar-refractivity contribution in [1.82, 2.24) is 0 Å². The summed E-state index contributed by atoms with van der Waals surface area (Å²) in [5.74, 6) is 5.88. The smallest absolute Gasteiger partial charge is 0.232 e. The highest BCUT2D eigenvalue weighted by atomic mass is 32.2. The highest BCUT2D eigenvalue weighted by Crippen LogP contribution is 2.20. The number of aryl methyl sites for hydroxylation is 1. The molecule has 1 aromatic carbocycles. The molecule has 1 aromatic rings. The van der Waals surface area contributed by atoms with Gasteiger partial charge >= 0.3 is 0 Å². The molecule has 5 heteroatoms. The van der Waals surface area contributed by atoms with Gasteiger partial charge in [0.2, 0.25) is 10.0 Å². The number of hydrogen-bond donors (Lipinski definition) is 2. The molecular weight excluding hydrogens is 286 g/mol. The molecule has 0 aromatic heterocycles. The fraction of sp³-hybridized carbons (Fsp3) is 0.500. The molecule has 0 fully saturated rings. The van der Waals surface area contributed by atoms with Crippen LogP contribution in [-0.4, -0.2) is 25.9 Å². The predicted molar refractivity (Wildman–Crippen MR) is 86.6 cm³/mol. The minimum atomic E-state index is -3.32. The summed E-state index contributed by atoms with van der Waals surface area (Å²) >= 11 is 0. The van der Waals surface area contributed by atoms with Crippen LogP contribution in [0.4, 0.5) is 5.69 Å². The number of anilines is 1. The predicted octanol–water partition coefficient (Wildman–Crippen LogP) is 2.38. The Labute approximate surface area is 127 Å². The van der Waals surface area contributed by atoms with Crippen molar-refractivity contribution in [2.75, 3.05) is 17.1 Å². The van der Waals surface area contributed by atoms with Crippen molar-refractivity contribution in [2.24, 2.45) is 5.92 Å². The molecule has 1 rings (SSSR count). The zero-order valence-electron chi connectivity index (χ0n) is 12.8. The zero-order valence-corrected chi connectivity index (χ0v) is 13.6. The fourth-order valence-corrected chi connectivity index (χ4v) is 3.23. The third-order valence-corrected chi connectivity index (χ3v) is 4.33. The van der Waals surface area contributed by atoms with Crippen molar-refractivity contribution < 1.29 is 13.5 Å². The molecular formula is C16H23NO3S. The lowest BCUT2D eigenvalue weighted by Crippen LogP contribution is -2.18. The van der Waals surface area contributed by atoms with E-state index in [1.54, 1.807) is 12.1 Å². The minimum Gasteiger partial charge on any atom is -0.384 e. The monoisotopic (exact) mass is 309 g/mol. The van der Waals surface area contributed by atoms with Gasteiger partial charge < -0.3 is 5.11 Å². The van der Waals surface area contributed by atoms with Gasteiger partial charge in [0.25, 0.3) is 0 Å². The van der Waals surface area contributed by atoms with Gasteiger partial charge in [-0.3, -0.25) is 4.72 Å². The maximum absolute atomic E-state index is 12.1. The summed E-state index contributed by atoms with van der Waals surface area (Å²) in [4.78, 5) is 0. The summed E-state index contributed by atoms with van der Waals surface area (Å²) in [7, 11) is -3.32. The quantitative estimate of drug-likeness (QED) is 0.793. The molecule has 21 heavy (non-hydrogen) atoms. The normalized spacial score (nSPS) is 11.1. The summed E-state index contributed by atoms with van der Waals surface area (Å²) in [5.41, 5.74) is 2.27. The van der Waals surface area contributed by atoms with Gasteiger partial charge in [0.05, 0.1) is 11.4 Å². The topological polar surface area (TPSA) is 66.4 Å². The van der Waals surface area contributed by atoms with Crippen LogP contribution in [0.2, 0.25) is 0 Å². The van der Waals surface area contributed by atoms with Crippen LogP contribution in [0.1, 0.15) is 38.3 Å². The largest absolute Gasteiger partial charge is 0.384 e. The molecule has 0 aliphatic rings. The van der Waals surface area contributed by atoms with Gasteiger partial charge in [0, 0.05) is 5.56 Å². The molecule has 0 heterocycles. The van der Waals surface area contributed by atoms with Crippen LogP contribution in [0.5, 0.6) is 0 Å². The Morgan fingerprint density at radius 1 is 1.33 bits per heavy atom. The molecule has 0 saturated carbocycles. The van der Waals surface area contributed by atoms with Gasteiger partial charge in [-0.05, 0) is 42.5 Å². The number of rotatable bonds is 6. The van der Waals surface area contributed by atoms with Gasteiger partial charge in [0.15, 0.2) is 0 Å². The van der Waals surface area contributed by atoms with E-state index < -0.39 is 10.0 Å². The average Bonchev–Trinajstić information content (AvgIpc) is 2.44. The van der Waals surface area contributed by atoms with Crippen molar-refractivity contribution in [3.05, 3.63) is 29.3 Å². The number of aliphatic hydroxyl groups is 1. The number of nitrogens with one attached hydrogen (secondary N) is 1. The SMILES string of the molecule is CCc1cc(C#CCO)ccc1NS(=O)(=O)CCC(C)C. The van der Waals surface area contributed by atoms with E-state index in [0.717, 1.165) is 11.1 Å². The number of hydrogen-bond acceptors (Lipinski definition) is 3. The molecule has 0 saturated heterocycles. The Bertz CT molecular complexity index is 625. The average molecular weight is 309 g/mol. The molecule has 0 spiro atoms. The summed E-state index contributed by atoms with van der Waals surface area (Å²) in [6, 6.07) is 5.33. The third-order valence-electron chi connectivity index (χ3n) is 3.03. The lowest BCUT2D eigenvalue weighted by Gasteiger charge is -2.13. The summed E-state index contributed by atoms with van der Waals surface area (Å²) in [5, 5.41) is 8.70. The van der Waals surface area contributed by atoms with Gasteiger partial charge in [-0.2, -0.15) is 0 Å². The second-order valence-electron chi connectivity index (χ2n) is 5.29. The van der Waals surface area contributed by atoms with Crippen LogP contribution in [0.25, 0.3) is 0 Å². The molecule has 0 radical (unpaired) electrons. The van der Waals surface area contributed by atoms with Crippen LogP contribution >= 0.6 is 0 Å². The lowest BCUT2D eigenvalue weighted by molar-refractivity contribution is 0.350. The van der Waals surface area contributed by atoms with Crippen molar-refractivity contribution in [3.8, 4) is 11.8 Å². The minimum absolute atomic E-state index is 0.125. The Morgan fingerprint density at radius 2 is 2.05 bits per heavy atom. The maximum Gasteiger partial charge on any atom is 0.232 e. The number of aliphatic hydroxyl groups excluding tert-OH is 1. The highest BCUT2D eigenvalue weighted by molar-refractivity contribution is 7.92. The molecule has 2 N–H and O–H groups in total. The van der Waals surface area contributed by atoms with Crippen molar-refractivity contribution in [1.29, 1.82) is 0 Å². The zero-order chi connectivity index (χ0) is 15.9. The third kappa shape index (κ3) is 6.19. The van der Waals surface area contributed by atoms with Crippen molar-refractivity contribution >= 4 is 15.7 Å². The van der Waals surface area contributed by atoms with E-state index >= 15 is 0 Å². The van der Waals surface area contributed by atoms with Crippen molar-refractivity contribution in [2.45, 2.75) is 33.6 Å². The first-order chi connectivity index (χ1) is 9.88. The summed E-state index contributed by atoms with van der Waals surface area (Å²) in [6.45, 7) is 5.78. The molecule has 0 atom stereocenters. The van der Waals surface area contributed by atoms with E-state index in [-0.39, 0.29) is 12.4 Å². The van der Waals surface area contributed by atoms with Crippen LogP contribution < -0.4 is 4.72 Å². The van der Waals surface area contributed by atoms with E-state index in [4.69, 9.17) is 5.11 Å². The van der Waals surface area contributed by atoms with Crippen LogP contribution in [0.3, 0.4) is 0 Å². The first-order valence-corrected chi connectivity index (χ1v) is 8.76. The highest BCUT2D eigenvalue weighted by Gasteiger charge is 2.13. The Hall–Kier alpha value is -1.51. The number of sulfonamides is 1. The second kappa shape index (κ2) is 8.06. The van der Waals surface area contributed by atoms with E-state index in [2.05, 4.69) is 16.6 Å². The van der Waals surface area contributed by atoms with Gasteiger partial charge in [-0.1, -0.05) is 32.6 Å². The Kier molecular flexibility index (Phi) is 6.73. The molecule has 0 unspecified atom stereocenters. The van der Waals surface area contributed by atoms with Crippen molar-refractivity contribution in [3.63, 3.8) is 0 Å². The van der Waals surface area contributed by atoms with Crippen LogP contribution in [-0.2, 0) is 16.4 Å². The standard InChI is InChI=1S/C16H23NO3S/c1-4-15-12-14(6-5-10-18)7-8-16(15)17-21(19,20)11-9-13(2)3/h7-8,12-13,17-18H,4,9-11H2,1-3H3. The Morgan fingerprint density at radius 3 is 2.62 bits per heavy atom. The van der Waals surface area contributed by atoms with E-state index in [1.165, 1.54) is 0 Å². The van der Waals surface area contributed by atoms with E-state index in [9.17, 15) is 8.42 Å². The first kappa shape index (κ1) is 17.5. The second-order valence-corrected chi connectivity index (χ2v) is 7.13. The molecule has 0 amide bonds. The lowest BCUT2D eigenvalue weighted by atomic mass is 10.1. The van der Waals surface area contributed by atoms with Crippen LogP contribution in [0, 0.1) is 17.8 Å². The van der Waals surface area contributed by atoms with Gasteiger partial charge in [-0.25, -0.2) is 8.42 Å². The summed E-state index contributed by atoms with van der Waals surface area (Å²) < 4.78 is 26.8. The van der Waals surface area contributed by atoms with E-state index in [0.29, 0.717) is 24.4 Å². The van der Waals surface area contributed by atoms with Crippen LogP contribution in [0.15, 0.2) is 18.2 Å². The van der Waals surface area contributed by atoms with Gasteiger partial charge in [0.1, 0.15) is 6.61 Å². The van der Waals surface area contributed by atoms with Gasteiger partial charge in [-0.15, -0.1) is 0 Å². The van der Waals surface area contributed by atoms with E-state index in [1.807, 2.05) is 26.8 Å². The molecule has 0 bridgehead atoms. The Balaban J connectivity index is 2.93. The molecule has 0 aliphatic carbocycles. The molecule has 116 valence electrons. The maximum atomic E-state index is 12.1. The fourth-order valence-electron chi connectivity index (χ4n) is 1.81. The number of benzene rings is 1. The first-order valence-electron chi connectivity index (χ1n) is 7.11. The molecule has 0 aliphatic heterocycles.